The molecule has 0 aromatic heterocycles. The van der Waals surface area contributed by atoms with Crippen molar-refractivity contribution in [3.8, 4) is 23.0 Å². The highest BCUT2D eigenvalue weighted by Gasteiger charge is 2.54. The van der Waals surface area contributed by atoms with Crippen molar-refractivity contribution in [2.75, 3.05) is 5.88 Å². The number of halogens is 1. The van der Waals surface area contributed by atoms with Gasteiger partial charge in [0.25, 0.3) is 0 Å². The largest absolute Gasteiger partial charge is 0.508 e. The van der Waals surface area contributed by atoms with Gasteiger partial charge in [-0.15, -0.1) is 11.6 Å². The summed E-state index contributed by atoms with van der Waals surface area (Å²) < 4.78 is 11.8. The summed E-state index contributed by atoms with van der Waals surface area (Å²) in [5.74, 6) is -0.822. The van der Waals surface area contributed by atoms with Crippen LogP contribution in [0.1, 0.15) is 37.4 Å². The maximum absolute atomic E-state index is 13.0. The van der Waals surface area contributed by atoms with Gasteiger partial charge in [0.2, 0.25) is 0 Å². The van der Waals surface area contributed by atoms with Gasteiger partial charge in [0.05, 0.1) is 11.4 Å². The number of carbonyl (C=O) groups is 2. The van der Waals surface area contributed by atoms with E-state index in [1.807, 2.05) is 0 Å². The lowest BCUT2D eigenvalue weighted by molar-refractivity contribution is 0.0223. The Balaban J connectivity index is 1.89. The van der Waals surface area contributed by atoms with E-state index >= 15 is 0 Å². The number of phenolic OH excluding ortho intramolecular Hbond substituents is 2. The lowest BCUT2D eigenvalue weighted by atomic mass is 9.77. The van der Waals surface area contributed by atoms with Crippen molar-refractivity contribution in [3.63, 3.8) is 0 Å². The third-order valence-electron chi connectivity index (χ3n) is 5.22. The fourth-order valence-corrected chi connectivity index (χ4v) is 4.20. The van der Waals surface area contributed by atoms with Gasteiger partial charge in [-0.1, -0.05) is 18.2 Å². The first-order chi connectivity index (χ1) is 14.0. The first-order valence-electron chi connectivity index (χ1n) is 8.76. The van der Waals surface area contributed by atoms with Crippen LogP contribution in [-0.4, -0.2) is 27.8 Å². The number of hydrogen-bond acceptors (Lipinski definition) is 6. The normalized spacial score (nSPS) is 15.1. The molecule has 0 bridgehead atoms. The summed E-state index contributed by atoms with van der Waals surface area (Å²) >= 11 is 5.73. The fourth-order valence-electron chi connectivity index (χ4n) is 4.05. The summed E-state index contributed by atoms with van der Waals surface area (Å²) in [6.07, 6.45) is 0. The van der Waals surface area contributed by atoms with Gasteiger partial charge in [0, 0.05) is 34.4 Å². The highest BCUT2D eigenvalue weighted by atomic mass is 35.5. The van der Waals surface area contributed by atoms with Crippen LogP contribution in [0.2, 0.25) is 0 Å². The lowest BCUT2D eigenvalue weighted by Crippen LogP contribution is -2.32. The number of hydrogen-bond donors (Lipinski definition) is 2. The second-order valence-corrected chi connectivity index (χ2v) is 7.09. The molecule has 0 saturated heterocycles. The number of carbonyl (C=O) groups excluding carboxylic acids is 2. The zero-order chi connectivity index (χ0) is 20.3. The second kappa shape index (κ2) is 5.99. The number of rotatable bonds is 2. The van der Waals surface area contributed by atoms with Gasteiger partial charge in [0.1, 0.15) is 23.0 Å². The van der Waals surface area contributed by atoms with E-state index in [-0.39, 0.29) is 45.8 Å². The van der Waals surface area contributed by atoms with Gasteiger partial charge in [-0.25, -0.2) is 4.79 Å². The molecule has 2 aliphatic rings. The minimum atomic E-state index is -1.39. The molecule has 0 radical (unpaired) electrons. The molecule has 6 nitrogen and oxygen atoms in total. The smallest absolute Gasteiger partial charge is 0.340 e. The Labute approximate surface area is 169 Å². The van der Waals surface area contributed by atoms with E-state index in [0.717, 1.165) is 0 Å². The fraction of sp³-hybridized carbons (Fsp3) is 0.0909. The summed E-state index contributed by atoms with van der Waals surface area (Å²) in [7, 11) is 0. The van der Waals surface area contributed by atoms with Gasteiger partial charge < -0.3 is 19.7 Å². The van der Waals surface area contributed by atoms with E-state index < -0.39 is 11.6 Å². The molecular formula is C22H13ClO6. The highest BCUT2D eigenvalue weighted by Crippen LogP contribution is 2.57. The number of ketones is 1. The minimum absolute atomic E-state index is 0.0295. The first-order valence-corrected chi connectivity index (χ1v) is 9.30. The Hall–Kier alpha value is -3.51. The molecule has 29 heavy (non-hydrogen) atoms. The van der Waals surface area contributed by atoms with Gasteiger partial charge in [0.15, 0.2) is 11.4 Å². The van der Waals surface area contributed by atoms with Gasteiger partial charge in [-0.2, -0.15) is 0 Å². The van der Waals surface area contributed by atoms with Crippen LogP contribution in [-0.2, 0) is 10.3 Å². The Morgan fingerprint density at radius 3 is 2.14 bits per heavy atom. The van der Waals surface area contributed by atoms with Crippen LogP contribution in [0.3, 0.4) is 0 Å². The summed E-state index contributed by atoms with van der Waals surface area (Å²) in [6.45, 7) is 0. The number of esters is 1. The van der Waals surface area contributed by atoms with Crippen molar-refractivity contribution in [2.45, 2.75) is 5.60 Å². The number of benzene rings is 3. The van der Waals surface area contributed by atoms with Crippen LogP contribution in [0, 0.1) is 0 Å². The molecule has 2 heterocycles. The molecule has 0 atom stereocenters. The molecule has 0 saturated carbocycles. The van der Waals surface area contributed by atoms with Crippen LogP contribution in [0.25, 0.3) is 0 Å². The van der Waals surface area contributed by atoms with Crippen molar-refractivity contribution in [1.29, 1.82) is 0 Å². The van der Waals surface area contributed by atoms with Crippen molar-refractivity contribution < 1.29 is 29.3 Å². The van der Waals surface area contributed by atoms with E-state index in [4.69, 9.17) is 21.1 Å². The van der Waals surface area contributed by atoms with Crippen LogP contribution in [0.5, 0.6) is 23.0 Å². The maximum Gasteiger partial charge on any atom is 0.340 e. The number of phenols is 2. The molecule has 2 N–H and O–H groups in total. The molecule has 0 amide bonds. The van der Waals surface area contributed by atoms with Crippen molar-refractivity contribution >= 4 is 23.4 Å². The third kappa shape index (κ3) is 2.29. The summed E-state index contributed by atoms with van der Waals surface area (Å²) in [4.78, 5) is 25.3. The molecule has 144 valence electrons. The van der Waals surface area contributed by atoms with Crippen molar-refractivity contribution in [1.82, 2.24) is 0 Å². The lowest BCUT2D eigenvalue weighted by Gasteiger charge is -2.36. The van der Waals surface area contributed by atoms with E-state index in [1.54, 1.807) is 30.3 Å². The minimum Gasteiger partial charge on any atom is -0.508 e. The molecule has 0 unspecified atom stereocenters. The molecule has 3 aromatic rings. The number of fused-ring (bicyclic) bond motifs is 6. The molecule has 1 spiro atoms. The molecule has 3 aromatic carbocycles. The zero-order valence-corrected chi connectivity index (χ0v) is 15.6. The molecule has 0 aliphatic carbocycles. The predicted molar refractivity (Wildman–Crippen MR) is 103 cm³/mol. The average Bonchev–Trinajstić information content (AvgIpc) is 3.00. The van der Waals surface area contributed by atoms with Gasteiger partial charge >= 0.3 is 5.97 Å². The van der Waals surface area contributed by atoms with E-state index in [0.29, 0.717) is 16.7 Å². The monoisotopic (exact) mass is 408 g/mol. The quantitative estimate of drug-likeness (QED) is 0.377. The van der Waals surface area contributed by atoms with Crippen molar-refractivity contribution in [3.05, 3.63) is 82.4 Å². The summed E-state index contributed by atoms with van der Waals surface area (Å²) in [6, 6.07) is 13.9. The van der Waals surface area contributed by atoms with Crippen LogP contribution >= 0.6 is 11.6 Å². The molecule has 0 fully saturated rings. The number of aromatic hydroxyl groups is 2. The Kier molecular flexibility index (Phi) is 3.63. The van der Waals surface area contributed by atoms with E-state index in [2.05, 4.69) is 0 Å². The number of ether oxygens (including phenoxy) is 2. The molecule has 7 heteroatoms. The third-order valence-corrected chi connectivity index (χ3v) is 5.47. The SMILES string of the molecule is O=C(CCl)c1cccc2c1C(=O)OC21c2ccc(O)cc2Oc2cc(O)ccc21. The zero-order valence-electron chi connectivity index (χ0n) is 14.8. The van der Waals surface area contributed by atoms with E-state index in [9.17, 15) is 19.8 Å². The number of alkyl halides is 1. The molecule has 2 aliphatic heterocycles. The van der Waals surface area contributed by atoms with Crippen LogP contribution in [0.4, 0.5) is 0 Å². The number of Topliss-reactive ketones (excluding diaryl/α,β-unsaturated/α-hetero) is 1. The highest BCUT2D eigenvalue weighted by molar-refractivity contribution is 6.31. The van der Waals surface area contributed by atoms with Gasteiger partial charge in [-0.05, 0) is 24.3 Å². The average molecular weight is 409 g/mol. The van der Waals surface area contributed by atoms with Crippen LogP contribution in [0.15, 0.2) is 54.6 Å². The second-order valence-electron chi connectivity index (χ2n) is 6.82. The van der Waals surface area contributed by atoms with E-state index in [1.165, 1.54) is 24.3 Å². The first kappa shape index (κ1) is 17.6. The Bertz CT molecular complexity index is 1160. The Morgan fingerprint density at radius 1 is 0.931 bits per heavy atom. The van der Waals surface area contributed by atoms with Crippen molar-refractivity contribution in [2.24, 2.45) is 0 Å². The topological polar surface area (TPSA) is 93.1 Å². The molecule has 5 rings (SSSR count). The van der Waals surface area contributed by atoms with Crippen LogP contribution < -0.4 is 4.74 Å². The summed E-state index contributed by atoms with van der Waals surface area (Å²) in [5, 5.41) is 19.8. The maximum atomic E-state index is 13.0. The Morgan fingerprint density at radius 2 is 1.55 bits per heavy atom. The standard InChI is InChI=1S/C22H13ClO6/c23-10-17(26)13-2-1-3-16-20(13)21(27)29-22(16)14-6-4-11(24)8-18(14)28-19-9-12(25)5-7-15(19)22/h1-9,24-25H,10H2. The molecular weight excluding hydrogens is 396 g/mol. The van der Waals surface area contributed by atoms with Gasteiger partial charge in [-0.3, -0.25) is 4.79 Å². The summed E-state index contributed by atoms with van der Waals surface area (Å²) in [5.41, 5.74) is 0.414. The predicted octanol–water partition coefficient (Wildman–Crippen LogP) is 4.09.